The van der Waals surface area contributed by atoms with Gasteiger partial charge in [0.1, 0.15) is 11.1 Å². The first kappa shape index (κ1) is 17.9. The molecule has 1 atom stereocenters. The second-order valence-corrected chi connectivity index (χ2v) is 8.31. The number of rotatable bonds is 3. The summed E-state index contributed by atoms with van der Waals surface area (Å²) < 4.78 is 0. The number of fused-ring (bicyclic) bond motifs is 1. The fraction of sp³-hybridized carbons (Fsp3) is 0.500. The highest BCUT2D eigenvalue weighted by atomic mass is 32.1. The van der Waals surface area contributed by atoms with Gasteiger partial charge < -0.3 is 10.2 Å². The Kier molecular flexibility index (Phi) is 5.35. The van der Waals surface area contributed by atoms with Crippen molar-refractivity contribution in [3.63, 3.8) is 0 Å². The fourth-order valence-corrected chi connectivity index (χ4v) is 5.23. The predicted molar refractivity (Wildman–Crippen MR) is 106 cm³/mol. The molecule has 1 amide bonds. The molecule has 4 rings (SSSR count). The summed E-state index contributed by atoms with van der Waals surface area (Å²) in [5, 5.41) is 13.5. The minimum atomic E-state index is -0.115. The Hall–Kier alpha value is -2.46. The number of piperidine rings is 1. The molecule has 2 aliphatic rings. The molecule has 0 spiro atoms. The zero-order valence-corrected chi connectivity index (χ0v) is 16.1. The quantitative estimate of drug-likeness (QED) is 0.823. The third kappa shape index (κ3) is 3.81. The minimum absolute atomic E-state index is 0.00328. The number of amides is 1. The van der Waals surface area contributed by atoms with Crippen molar-refractivity contribution in [3.05, 3.63) is 34.5 Å². The van der Waals surface area contributed by atoms with E-state index >= 15 is 0 Å². The third-order valence-corrected chi connectivity index (χ3v) is 6.60. The molecule has 0 bridgehead atoms. The van der Waals surface area contributed by atoms with Crippen LogP contribution in [0.25, 0.3) is 0 Å². The van der Waals surface area contributed by atoms with Crippen LogP contribution in [0.3, 0.4) is 0 Å². The number of nitrogens with one attached hydrogen (secondary N) is 1. The van der Waals surface area contributed by atoms with Crippen LogP contribution in [0.4, 0.5) is 10.9 Å². The van der Waals surface area contributed by atoms with Crippen LogP contribution in [-0.2, 0) is 17.6 Å². The van der Waals surface area contributed by atoms with Crippen molar-refractivity contribution in [3.8, 4) is 6.07 Å². The monoisotopic (exact) mass is 381 g/mol. The van der Waals surface area contributed by atoms with Crippen LogP contribution in [0.5, 0.6) is 0 Å². The van der Waals surface area contributed by atoms with E-state index in [9.17, 15) is 10.1 Å². The predicted octanol–water partition coefficient (Wildman–Crippen LogP) is 3.53. The number of hydrogen-bond acceptors (Lipinski definition) is 6. The molecular formula is C20H23N5OS. The maximum Gasteiger partial charge on any atom is 0.229 e. The summed E-state index contributed by atoms with van der Waals surface area (Å²) in [6.45, 7) is 1.48. The van der Waals surface area contributed by atoms with Gasteiger partial charge in [0.2, 0.25) is 11.9 Å². The molecule has 3 heterocycles. The van der Waals surface area contributed by atoms with Crippen molar-refractivity contribution < 1.29 is 4.79 Å². The lowest BCUT2D eigenvalue weighted by Gasteiger charge is -2.31. The average Bonchev–Trinajstić information content (AvgIpc) is 2.87. The Labute approximate surface area is 163 Å². The summed E-state index contributed by atoms with van der Waals surface area (Å²) in [6.07, 6.45) is 10.7. The molecule has 1 saturated heterocycles. The van der Waals surface area contributed by atoms with E-state index in [0.717, 1.165) is 43.6 Å². The van der Waals surface area contributed by atoms with Gasteiger partial charge in [-0.25, -0.2) is 9.97 Å². The highest BCUT2D eigenvalue weighted by molar-refractivity contribution is 7.16. The maximum atomic E-state index is 12.9. The zero-order chi connectivity index (χ0) is 18.6. The van der Waals surface area contributed by atoms with Gasteiger partial charge in [-0.05, 0) is 50.2 Å². The van der Waals surface area contributed by atoms with Crippen molar-refractivity contribution in [2.24, 2.45) is 5.92 Å². The number of hydrogen-bond donors (Lipinski definition) is 1. The lowest BCUT2D eigenvalue weighted by Crippen LogP contribution is -2.41. The first-order valence-corrected chi connectivity index (χ1v) is 10.5. The SMILES string of the molecule is N#Cc1c(NC(=O)C2CCCN(c3ncccn3)C2)sc2c1CCCCC2. The highest BCUT2D eigenvalue weighted by Gasteiger charge is 2.29. The summed E-state index contributed by atoms with van der Waals surface area (Å²) in [4.78, 5) is 24.9. The van der Waals surface area contributed by atoms with E-state index in [1.165, 1.54) is 23.3 Å². The van der Waals surface area contributed by atoms with Gasteiger partial charge in [-0.1, -0.05) is 6.42 Å². The second-order valence-electron chi connectivity index (χ2n) is 7.20. The smallest absolute Gasteiger partial charge is 0.229 e. The number of nitrogens with zero attached hydrogens (tertiary/aromatic N) is 4. The number of thiophene rings is 1. The van der Waals surface area contributed by atoms with E-state index in [4.69, 9.17) is 0 Å². The molecule has 6 nitrogen and oxygen atoms in total. The maximum absolute atomic E-state index is 12.9. The zero-order valence-electron chi connectivity index (χ0n) is 15.3. The van der Waals surface area contributed by atoms with E-state index in [2.05, 4.69) is 26.3 Å². The van der Waals surface area contributed by atoms with Gasteiger partial charge >= 0.3 is 0 Å². The molecule has 0 radical (unpaired) electrons. The van der Waals surface area contributed by atoms with Crippen LogP contribution >= 0.6 is 11.3 Å². The molecule has 0 saturated carbocycles. The molecule has 27 heavy (non-hydrogen) atoms. The number of aromatic nitrogens is 2. The normalized spacial score (nSPS) is 19.7. The number of aryl methyl sites for hydroxylation is 1. The highest BCUT2D eigenvalue weighted by Crippen LogP contribution is 2.37. The molecule has 1 fully saturated rings. The van der Waals surface area contributed by atoms with Gasteiger partial charge in [0.05, 0.1) is 11.5 Å². The summed E-state index contributed by atoms with van der Waals surface area (Å²) in [6, 6.07) is 4.13. The number of anilines is 2. The molecule has 140 valence electrons. The molecular weight excluding hydrogens is 358 g/mol. The van der Waals surface area contributed by atoms with Crippen LogP contribution in [0.1, 0.15) is 48.1 Å². The first-order chi connectivity index (χ1) is 13.3. The first-order valence-electron chi connectivity index (χ1n) is 9.63. The molecule has 2 aromatic rings. The summed E-state index contributed by atoms with van der Waals surface area (Å²) in [5.74, 6) is 0.565. The molecule has 1 unspecified atom stereocenters. The van der Waals surface area contributed by atoms with Crippen LogP contribution in [0.15, 0.2) is 18.5 Å². The van der Waals surface area contributed by atoms with Crippen LogP contribution in [-0.4, -0.2) is 29.0 Å². The Morgan fingerprint density at radius 3 is 2.85 bits per heavy atom. The van der Waals surface area contributed by atoms with E-state index in [1.54, 1.807) is 29.8 Å². The number of carbonyl (C=O) groups is 1. The molecule has 2 aromatic heterocycles. The second kappa shape index (κ2) is 8.05. The molecule has 1 N–H and O–H groups in total. The molecule has 7 heteroatoms. The Bertz CT molecular complexity index is 857. The Morgan fingerprint density at radius 1 is 1.22 bits per heavy atom. The number of carbonyl (C=O) groups excluding carboxylic acids is 1. The van der Waals surface area contributed by atoms with Crippen LogP contribution in [0.2, 0.25) is 0 Å². The van der Waals surface area contributed by atoms with E-state index in [0.29, 0.717) is 18.1 Å². The van der Waals surface area contributed by atoms with E-state index in [1.807, 2.05) is 0 Å². The van der Waals surface area contributed by atoms with Crippen molar-refractivity contribution in [2.75, 3.05) is 23.3 Å². The van der Waals surface area contributed by atoms with Crippen LogP contribution < -0.4 is 10.2 Å². The van der Waals surface area contributed by atoms with Crippen molar-refractivity contribution >= 4 is 28.2 Å². The van der Waals surface area contributed by atoms with Crippen LogP contribution in [0, 0.1) is 17.2 Å². The largest absolute Gasteiger partial charge is 0.340 e. The molecule has 1 aliphatic carbocycles. The van der Waals surface area contributed by atoms with Crippen molar-refractivity contribution in [2.45, 2.75) is 44.9 Å². The molecule has 1 aliphatic heterocycles. The topological polar surface area (TPSA) is 81.9 Å². The Morgan fingerprint density at radius 2 is 2.04 bits per heavy atom. The van der Waals surface area contributed by atoms with Gasteiger partial charge in [0.25, 0.3) is 0 Å². The van der Waals surface area contributed by atoms with E-state index < -0.39 is 0 Å². The fourth-order valence-electron chi connectivity index (χ4n) is 3.99. The van der Waals surface area contributed by atoms with Gasteiger partial charge in [-0.15, -0.1) is 11.3 Å². The van der Waals surface area contributed by atoms with Crippen molar-refractivity contribution in [1.82, 2.24) is 9.97 Å². The summed E-state index contributed by atoms with van der Waals surface area (Å²) in [5.41, 5.74) is 1.85. The standard InChI is InChI=1S/C20H23N5OS/c21-12-16-15-7-2-1-3-8-17(15)27-19(16)24-18(26)14-6-4-11-25(13-14)20-22-9-5-10-23-20/h5,9-10,14H,1-4,6-8,11,13H2,(H,24,26). The van der Waals surface area contributed by atoms with E-state index in [-0.39, 0.29) is 11.8 Å². The molecule has 0 aromatic carbocycles. The summed E-state index contributed by atoms with van der Waals surface area (Å²) in [7, 11) is 0. The summed E-state index contributed by atoms with van der Waals surface area (Å²) >= 11 is 1.60. The van der Waals surface area contributed by atoms with Gasteiger partial charge in [-0.2, -0.15) is 5.26 Å². The third-order valence-electron chi connectivity index (χ3n) is 5.40. The average molecular weight is 382 g/mol. The minimum Gasteiger partial charge on any atom is -0.340 e. The Balaban J connectivity index is 1.48. The van der Waals surface area contributed by atoms with Gasteiger partial charge in [-0.3, -0.25) is 4.79 Å². The lowest BCUT2D eigenvalue weighted by molar-refractivity contribution is -0.120. The number of nitriles is 1. The lowest BCUT2D eigenvalue weighted by atomic mass is 9.97. The van der Waals surface area contributed by atoms with Gasteiger partial charge in [0, 0.05) is 30.4 Å². The van der Waals surface area contributed by atoms with Gasteiger partial charge in [0.15, 0.2) is 0 Å². The van der Waals surface area contributed by atoms with Crippen molar-refractivity contribution in [1.29, 1.82) is 5.26 Å².